The molecule has 4 nitrogen and oxygen atoms in total. The van der Waals surface area contributed by atoms with Gasteiger partial charge in [0.2, 0.25) is 0 Å². The third kappa shape index (κ3) is 3.33. The van der Waals surface area contributed by atoms with Gasteiger partial charge in [-0.3, -0.25) is 9.59 Å². The van der Waals surface area contributed by atoms with Crippen LogP contribution in [0, 0.1) is 0 Å². The number of aldehydes is 2. The molecular formula is C14H9ClN2O2. The molecule has 0 aromatic heterocycles. The minimum absolute atomic E-state index is 0.359. The molecule has 2 aromatic carbocycles. The number of carbonyl (C=O) groups excluding carboxylic acids is 2. The van der Waals surface area contributed by atoms with E-state index in [1.165, 1.54) is 6.07 Å². The molecule has 0 atom stereocenters. The van der Waals surface area contributed by atoms with E-state index in [0.29, 0.717) is 33.8 Å². The van der Waals surface area contributed by atoms with Gasteiger partial charge in [0.15, 0.2) is 0 Å². The molecule has 0 amide bonds. The third-order valence-corrected chi connectivity index (χ3v) is 2.71. The zero-order valence-electron chi connectivity index (χ0n) is 9.79. The van der Waals surface area contributed by atoms with E-state index in [1.54, 1.807) is 36.4 Å². The van der Waals surface area contributed by atoms with Crippen molar-refractivity contribution in [3.05, 3.63) is 58.6 Å². The summed E-state index contributed by atoms with van der Waals surface area (Å²) in [4.78, 5) is 21.1. The number of benzene rings is 2. The summed E-state index contributed by atoms with van der Waals surface area (Å²) in [5.74, 6) is 0. The SMILES string of the molecule is O=Cc1ccc(N=Nc2ccc(C=O)cc2Cl)cc1. The summed E-state index contributed by atoms with van der Waals surface area (Å²) in [5, 5.41) is 8.36. The molecule has 0 bridgehead atoms. The topological polar surface area (TPSA) is 58.9 Å². The van der Waals surface area contributed by atoms with E-state index in [-0.39, 0.29) is 0 Å². The zero-order valence-corrected chi connectivity index (χ0v) is 10.5. The standard InChI is InChI=1S/C14H9ClN2O2/c15-13-7-11(9-19)3-6-14(13)17-16-12-4-1-10(8-18)2-5-12/h1-9H. The number of carbonyl (C=O) groups is 2. The second kappa shape index (κ2) is 6.02. The molecule has 5 heteroatoms. The van der Waals surface area contributed by atoms with E-state index < -0.39 is 0 Å². The molecule has 2 rings (SSSR count). The van der Waals surface area contributed by atoms with Crippen molar-refractivity contribution in [3.63, 3.8) is 0 Å². The van der Waals surface area contributed by atoms with Crippen LogP contribution in [-0.4, -0.2) is 12.6 Å². The quantitative estimate of drug-likeness (QED) is 0.612. The Morgan fingerprint density at radius 1 is 0.842 bits per heavy atom. The molecule has 0 fully saturated rings. The normalized spacial score (nSPS) is 10.6. The van der Waals surface area contributed by atoms with Gasteiger partial charge < -0.3 is 0 Å². The highest BCUT2D eigenvalue weighted by molar-refractivity contribution is 6.33. The maximum atomic E-state index is 10.6. The number of hydrogen-bond acceptors (Lipinski definition) is 4. The fourth-order valence-corrected chi connectivity index (χ4v) is 1.64. The molecule has 0 aliphatic heterocycles. The van der Waals surface area contributed by atoms with Crippen LogP contribution in [0.25, 0.3) is 0 Å². The largest absolute Gasteiger partial charge is 0.298 e. The van der Waals surface area contributed by atoms with Gasteiger partial charge in [0, 0.05) is 11.1 Å². The average Bonchev–Trinajstić information content (AvgIpc) is 2.46. The van der Waals surface area contributed by atoms with Gasteiger partial charge >= 0.3 is 0 Å². The predicted octanol–water partition coefficient (Wildman–Crippen LogP) is 4.38. The van der Waals surface area contributed by atoms with Crippen LogP contribution >= 0.6 is 11.6 Å². The molecule has 0 N–H and O–H groups in total. The first kappa shape index (κ1) is 13.1. The van der Waals surface area contributed by atoms with Crippen LogP contribution in [0.15, 0.2) is 52.7 Å². The molecule has 0 heterocycles. The molecule has 19 heavy (non-hydrogen) atoms. The fourth-order valence-electron chi connectivity index (χ4n) is 1.41. The lowest BCUT2D eigenvalue weighted by Crippen LogP contribution is -1.78. The Hall–Kier alpha value is -2.33. The molecule has 0 aliphatic carbocycles. The summed E-state index contributed by atoms with van der Waals surface area (Å²) < 4.78 is 0. The van der Waals surface area contributed by atoms with Crippen molar-refractivity contribution in [1.82, 2.24) is 0 Å². The van der Waals surface area contributed by atoms with E-state index in [4.69, 9.17) is 11.6 Å². The van der Waals surface area contributed by atoms with Gasteiger partial charge in [0.1, 0.15) is 18.3 Å². The highest BCUT2D eigenvalue weighted by atomic mass is 35.5. The predicted molar refractivity (Wildman–Crippen MR) is 72.8 cm³/mol. The van der Waals surface area contributed by atoms with E-state index in [2.05, 4.69) is 10.2 Å². The lowest BCUT2D eigenvalue weighted by atomic mass is 10.2. The number of nitrogens with zero attached hydrogens (tertiary/aromatic N) is 2. The van der Waals surface area contributed by atoms with Gasteiger partial charge in [-0.05, 0) is 42.5 Å². The molecule has 0 radical (unpaired) electrons. The lowest BCUT2D eigenvalue weighted by molar-refractivity contribution is 0.111. The Morgan fingerprint density at radius 3 is 2.05 bits per heavy atom. The Kier molecular flexibility index (Phi) is 4.15. The second-order valence-corrected chi connectivity index (χ2v) is 4.15. The zero-order chi connectivity index (χ0) is 13.7. The smallest absolute Gasteiger partial charge is 0.150 e. The summed E-state index contributed by atoms with van der Waals surface area (Å²) in [6.45, 7) is 0. The minimum atomic E-state index is 0.359. The molecule has 0 spiro atoms. The lowest BCUT2D eigenvalue weighted by Gasteiger charge is -1.98. The number of azo groups is 1. The Balaban J connectivity index is 2.21. The van der Waals surface area contributed by atoms with Gasteiger partial charge in [0.25, 0.3) is 0 Å². The first-order valence-electron chi connectivity index (χ1n) is 5.44. The second-order valence-electron chi connectivity index (χ2n) is 3.74. The van der Waals surface area contributed by atoms with Gasteiger partial charge in [-0.25, -0.2) is 0 Å². The number of hydrogen-bond donors (Lipinski definition) is 0. The number of rotatable bonds is 4. The van der Waals surface area contributed by atoms with Crippen LogP contribution in [0.4, 0.5) is 11.4 Å². The van der Waals surface area contributed by atoms with Crippen LogP contribution in [-0.2, 0) is 0 Å². The van der Waals surface area contributed by atoms with Crippen molar-refractivity contribution in [2.24, 2.45) is 10.2 Å². The molecule has 0 aliphatic rings. The van der Waals surface area contributed by atoms with E-state index in [9.17, 15) is 9.59 Å². The summed E-state index contributed by atoms with van der Waals surface area (Å²) in [5.41, 5.74) is 2.15. The Labute approximate surface area is 114 Å². The molecule has 94 valence electrons. The monoisotopic (exact) mass is 272 g/mol. The highest BCUT2D eigenvalue weighted by Crippen LogP contribution is 2.27. The first-order valence-corrected chi connectivity index (χ1v) is 5.82. The summed E-state index contributed by atoms with van der Waals surface area (Å²) in [6.07, 6.45) is 1.47. The average molecular weight is 273 g/mol. The minimum Gasteiger partial charge on any atom is -0.298 e. The van der Waals surface area contributed by atoms with Crippen LogP contribution in [0.1, 0.15) is 20.7 Å². The maximum absolute atomic E-state index is 10.6. The van der Waals surface area contributed by atoms with Crippen molar-refractivity contribution in [1.29, 1.82) is 0 Å². The van der Waals surface area contributed by atoms with Crippen molar-refractivity contribution in [2.45, 2.75) is 0 Å². The van der Waals surface area contributed by atoms with Gasteiger partial charge in [-0.15, -0.1) is 5.11 Å². The van der Waals surface area contributed by atoms with Crippen molar-refractivity contribution in [2.75, 3.05) is 0 Å². The maximum Gasteiger partial charge on any atom is 0.150 e. The summed E-state index contributed by atoms with van der Waals surface area (Å²) in [6, 6.07) is 11.4. The van der Waals surface area contributed by atoms with Crippen molar-refractivity contribution >= 4 is 35.5 Å². The van der Waals surface area contributed by atoms with Gasteiger partial charge in [-0.2, -0.15) is 5.11 Å². The van der Waals surface area contributed by atoms with E-state index >= 15 is 0 Å². The fraction of sp³-hybridized carbons (Fsp3) is 0. The molecular weight excluding hydrogens is 264 g/mol. The van der Waals surface area contributed by atoms with Gasteiger partial charge in [-0.1, -0.05) is 11.6 Å². The number of halogens is 1. The van der Waals surface area contributed by atoms with E-state index in [0.717, 1.165) is 6.29 Å². The third-order valence-electron chi connectivity index (χ3n) is 2.41. The molecule has 0 unspecified atom stereocenters. The molecule has 0 saturated heterocycles. The van der Waals surface area contributed by atoms with Crippen LogP contribution in [0.2, 0.25) is 5.02 Å². The summed E-state index contributed by atoms with van der Waals surface area (Å²) >= 11 is 5.96. The highest BCUT2D eigenvalue weighted by Gasteiger charge is 2.00. The van der Waals surface area contributed by atoms with Crippen LogP contribution in [0.3, 0.4) is 0 Å². The Bertz CT molecular complexity index is 636. The molecule has 2 aromatic rings. The van der Waals surface area contributed by atoms with Gasteiger partial charge in [0.05, 0.1) is 10.7 Å². The molecule has 0 saturated carbocycles. The van der Waals surface area contributed by atoms with E-state index in [1.807, 2.05) is 0 Å². The first-order chi connectivity index (χ1) is 9.22. The van der Waals surface area contributed by atoms with Crippen LogP contribution < -0.4 is 0 Å². The summed E-state index contributed by atoms with van der Waals surface area (Å²) in [7, 11) is 0. The van der Waals surface area contributed by atoms with Crippen molar-refractivity contribution < 1.29 is 9.59 Å². The Morgan fingerprint density at radius 2 is 1.47 bits per heavy atom. The van der Waals surface area contributed by atoms with Crippen LogP contribution in [0.5, 0.6) is 0 Å². The van der Waals surface area contributed by atoms with Crippen molar-refractivity contribution in [3.8, 4) is 0 Å².